The predicted octanol–water partition coefficient (Wildman–Crippen LogP) is 5.97. The number of esters is 1. The van der Waals surface area contributed by atoms with E-state index in [-0.39, 0.29) is 23.4 Å². The highest BCUT2D eigenvalue weighted by molar-refractivity contribution is 6.72. The van der Waals surface area contributed by atoms with Gasteiger partial charge in [-0.25, -0.2) is 0 Å². The topological polar surface area (TPSA) is 65.0 Å². The molecule has 1 heterocycles. The molecule has 31 heavy (non-hydrogen) atoms. The van der Waals surface area contributed by atoms with E-state index >= 15 is 0 Å². The highest BCUT2D eigenvalue weighted by Gasteiger charge is 2.42. The van der Waals surface area contributed by atoms with E-state index in [0.29, 0.717) is 18.3 Å². The minimum absolute atomic E-state index is 0.00421. The fraction of sp³-hybridized carbons (Fsp3) is 0.880. The van der Waals surface area contributed by atoms with Crippen LogP contribution in [-0.2, 0) is 19.0 Å². The fourth-order valence-corrected chi connectivity index (χ4v) is 5.45. The summed E-state index contributed by atoms with van der Waals surface area (Å²) in [6.45, 7) is 9.38. The van der Waals surface area contributed by atoms with Gasteiger partial charge in [-0.3, -0.25) is 4.79 Å². The van der Waals surface area contributed by atoms with Crippen LogP contribution in [0.5, 0.6) is 0 Å². The lowest BCUT2D eigenvalue weighted by Crippen LogP contribution is -2.40. The predicted molar refractivity (Wildman–Crippen MR) is 127 cm³/mol. The number of hydrogen-bond donors (Lipinski definition) is 1. The number of rotatable bonds is 12. The SMILES string of the molecule is COC(=O)CCC/C=C\C[C@H]1CC[C@@H](OC2CCCCO2)[C@@H]1CCC(C)(C)[Si](C)(C)O. The standard InChI is InChI=1S/C25H46O5Si/c1-25(2,31(4,5)27)18-17-21-20(12-8-6-7-9-13-23(26)28-3)15-16-22(21)30-24-14-10-11-19-29-24/h6,8,20-22,24,27H,7,9-19H2,1-5H3/b8-6-/t20-,21+,22+,24?/m0/s1. The molecule has 0 spiro atoms. The van der Waals surface area contributed by atoms with Gasteiger partial charge in [0.05, 0.1) is 13.2 Å². The van der Waals surface area contributed by atoms with Crippen LogP contribution in [0.3, 0.4) is 0 Å². The average molecular weight is 455 g/mol. The zero-order valence-electron chi connectivity index (χ0n) is 20.5. The lowest BCUT2D eigenvalue weighted by molar-refractivity contribution is -0.196. The Balaban J connectivity index is 1.92. The Kier molecular flexibility index (Phi) is 10.7. The van der Waals surface area contributed by atoms with Crippen molar-refractivity contribution < 1.29 is 23.8 Å². The third kappa shape index (κ3) is 8.63. The Morgan fingerprint density at radius 3 is 2.61 bits per heavy atom. The number of hydrogen-bond acceptors (Lipinski definition) is 5. The molecule has 6 heteroatoms. The molecule has 1 unspecified atom stereocenters. The minimum Gasteiger partial charge on any atom is -0.469 e. The highest BCUT2D eigenvalue weighted by Crippen LogP contribution is 2.46. The summed E-state index contributed by atoms with van der Waals surface area (Å²) >= 11 is 0. The number of ether oxygens (including phenoxy) is 3. The van der Waals surface area contributed by atoms with Crippen molar-refractivity contribution in [3.63, 3.8) is 0 Å². The lowest BCUT2D eigenvalue weighted by atomic mass is 9.85. The van der Waals surface area contributed by atoms with Gasteiger partial charge >= 0.3 is 5.97 Å². The second-order valence-electron chi connectivity index (χ2n) is 10.6. The van der Waals surface area contributed by atoms with Crippen LogP contribution in [0.1, 0.15) is 84.5 Å². The second-order valence-corrected chi connectivity index (χ2v) is 15.1. The third-order valence-electron chi connectivity index (χ3n) is 7.71. The van der Waals surface area contributed by atoms with Crippen LogP contribution < -0.4 is 0 Å². The first-order chi connectivity index (χ1) is 14.6. The monoisotopic (exact) mass is 454 g/mol. The molecular weight excluding hydrogens is 408 g/mol. The number of allylic oxidation sites excluding steroid dienone is 2. The van der Waals surface area contributed by atoms with Gasteiger partial charge in [0.15, 0.2) is 14.6 Å². The van der Waals surface area contributed by atoms with Crippen molar-refractivity contribution in [2.24, 2.45) is 11.8 Å². The molecule has 0 amide bonds. The molecule has 1 saturated heterocycles. The third-order valence-corrected chi connectivity index (χ3v) is 11.3. The summed E-state index contributed by atoms with van der Waals surface area (Å²) in [6, 6.07) is 0. The van der Waals surface area contributed by atoms with Gasteiger partial charge in [-0.15, -0.1) is 0 Å². The summed E-state index contributed by atoms with van der Waals surface area (Å²) in [5, 5.41) is -0.00421. The molecule has 2 rings (SSSR count). The molecule has 180 valence electrons. The summed E-state index contributed by atoms with van der Waals surface area (Å²) < 4.78 is 17.1. The van der Waals surface area contributed by atoms with E-state index in [4.69, 9.17) is 14.2 Å². The first-order valence-corrected chi connectivity index (χ1v) is 15.3. The zero-order chi connectivity index (χ0) is 22.9. The number of methoxy groups -OCH3 is 1. The van der Waals surface area contributed by atoms with E-state index in [0.717, 1.165) is 58.0 Å². The van der Waals surface area contributed by atoms with Gasteiger partial charge in [0.1, 0.15) is 0 Å². The Morgan fingerprint density at radius 2 is 1.97 bits per heavy atom. The van der Waals surface area contributed by atoms with Crippen molar-refractivity contribution in [1.29, 1.82) is 0 Å². The Bertz CT molecular complexity index is 563. The molecule has 1 aliphatic carbocycles. The molecule has 1 N–H and O–H groups in total. The van der Waals surface area contributed by atoms with Gasteiger partial charge in [0.25, 0.3) is 0 Å². The molecule has 2 fully saturated rings. The van der Waals surface area contributed by atoms with Crippen molar-refractivity contribution in [1.82, 2.24) is 0 Å². The number of unbranched alkanes of at least 4 members (excludes halogenated alkanes) is 1. The molecule has 0 aromatic carbocycles. The molecule has 4 atom stereocenters. The van der Waals surface area contributed by atoms with Crippen molar-refractivity contribution in [3.8, 4) is 0 Å². The van der Waals surface area contributed by atoms with Crippen molar-refractivity contribution >= 4 is 14.3 Å². The molecule has 2 aliphatic rings. The largest absolute Gasteiger partial charge is 0.469 e. The van der Waals surface area contributed by atoms with E-state index in [9.17, 15) is 9.59 Å². The quantitative estimate of drug-likeness (QED) is 0.170. The van der Waals surface area contributed by atoms with Crippen molar-refractivity contribution in [3.05, 3.63) is 12.2 Å². The van der Waals surface area contributed by atoms with E-state index in [1.165, 1.54) is 20.0 Å². The first-order valence-electron chi connectivity index (χ1n) is 12.4. The molecule has 0 bridgehead atoms. The van der Waals surface area contributed by atoms with Gasteiger partial charge in [-0.2, -0.15) is 0 Å². The second kappa shape index (κ2) is 12.5. The maximum absolute atomic E-state index is 11.2. The Labute approximate surface area is 191 Å². The zero-order valence-corrected chi connectivity index (χ0v) is 21.5. The Morgan fingerprint density at radius 1 is 1.19 bits per heavy atom. The molecular formula is C25H46O5Si. The molecule has 0 radical (unpaired) electrons. The summed E-state index contributed by atoms with van der Waals surface area (Å²) in [5.41, 5.74) is 0. The van der Waals surface area contributed by atoms with Gasteiger partial charge in [-0.1, -0.05) is 26.0 Å². The van der Waals surface area contributed by atoms with Gasteiger partial charge < -0.3 is 19.0 Å². The van der Waals surface area contributed by atoms with Gasteiger partial charge in [0, 0.05) is 13.0 Å². The van der Waals surface area contributed by atoms with Gasteiger partial charge in [-0.05, 0) is 94.2 Å². The van der Waals surface area contributed by atoms with E-state index in [2.05, 4.69) is 39.1 Å². The van der Waals surface area contributed by atoms with Crippen molar-refractivity contribution in [2.45, 2.75) is 115 Å². The Hall–Kier alpha value is -0.693. The fourth-order valence-electron chi connectivity index (χ4n) is 4.70. The van der Waals surface area contributed by atoms with Crippen molar-refractivity contribution in [2.75, 3.05) is 13.7 Å². The van der Waals surface area contributed by atoms with E-state index in [1.54, 1.807) is 0 Å². The number of carbonyl (C=O) groups is 1. The maximum atomic E-state index is 11.2. The smallest absolute Gasteiger partial charge is 0.305 e. The number of carbonyl (C=O) groups excluding carboxylic acids is 1. The summed E-state index contributed by atoms with van der Waals surface area (Å²) in [4.78, 5) is 22.0. The molecule has 5 nitrogen and oxygen atoms in total. The average Bonchev–Trinajstić information content (AvgIpc) is 3.10. The minimum atomic E-state index is -2.21. The summed E-state index contributed by atoms with van der Waals surface area (Å²) in [7, 11) is -0.772. The maximum Gasteiger partial charge on any atom is 0.305 e. The molecule has 1 aliphatic heterocycles. The van der Waals surface area contributed by atoms with Crippen LogP contribution in [0.2, 0.25) is 18.1 Å². The van der Waals surface area contributed by atoms with Crippen LogP contribution >= 0.6 is 0 Å². The van der Waals surface area contributed by atoms with Crippen LogP contribution in [-0.4, -0.2) is 45.2 Å². The first kappa shape index (κ1) is 26.6. The van der Waals surface area contributed by atoms with E-state index < -0.39 is 8.32 Å². The molecule has 0 aromatic rings. The van der Waals surface area contributed by atoms with Crippen LogP contribution in [0.4, 0.5) is 0 Å². The van der Waals surface area contributed by atoms with Crippen LogP contribution in [0.25, 0.3) is 0 Å². The van der Waals surface area contributed by atoms with Crippen LogP contribution in [0, 0.1) is 11.8 Å². The lowest BCUT2D eigenvalue weighted by Gasteiger charge is -2.37. The summed E-state index contributed by atoms with van der Waals surface area (Å²) in [5.74, 6) is 0.998. The molecule has 1 saturated carbocycles. The molecule has 0 aromatic heterocycles. The van der Waals surface area contributed by atoms with Gasteiger partial charge in [0.2, 0.25) is 0 Å². The normalized spacial score (nSPS) is 27.7. The highest BCUT2D eigenvalue weighted by atomic mass is 28.4. The van der Waals surface area contributed by atoms with Crippen LogP contribution in [0.15, 0.2) is 12.2 Å². The summed E-state index contributed by atoms with van der Waals surface area (Å²) in [6.07, 6.45) is 15.8. The van der Waals surface area contributed by atoms with E-state index in [1.807, 2.05) is 0 Å².